The second kappa shape index (κ2) is 4.81. The molecule has 0 aromatic carbocycles. The second-order valence-corrected chi connectivity index (χ2v) is 4.63. The third kappa shape index (κ3) is 2.23. The van der Waals surface area contributed by atoms with Crippen LogP contribution in [0.4, 0.5) is 0 Å². The molecule has 1 aliphatic rings. The number of aliphatic hydroxyl groups excluding tert-OH is 3. The van der Waals surface area contributed by atoms with Gasteiger partial charge in [-0.2, -0.15) is 12.6 Å². The first-order valence-corrected chi connectivity index (χ1v) is 5.31. The fourth-order valence-corrected chi connectivity index (χ4v) is 2.27. The van der Waals surface area contributed by atoms with Crippen molar-refractivity contribution in [3.8, 4) is 0 Å². The first kappa shape index (κ1) is 12.3. The minimum Gasteiger partial charge on any atom is -0.394 e. The monoisotopic (exact) mass is 222 g/mol. The molecule has 0 saturated carbocycles. The first-order valence-electron chi connectivity index (χ1n) is 4.79. The maximum Gasteiger partial charge on any atom is 0.109 e. The summed E-state index contributed by atoms with van der Waals surface area (Å²) in [5, 5.41) is 27.7. The molecule has 0 spiro atoms. The molecule has 0 amide bonds. The van der Waals surface area contributed by atoms with Gasteiger partial charge in [0.1, 0.15) is 12.2 Å². The molecule has 1 fully saturated rings. The molecule has 0 aromatic heterocycles. The molecule has 0 aliphatic carbocycles. The van der Waals surface area contributed by atoms with E-state index in [4.69, 9.17) is 9.84 Å². The van der Waals surface area contributed by atoms with Gasteiger partial charge < -0.3 is 20.1 Å². The van der Waals surface area contributed by atoms with Gasteiger partial charge in [0.25, 0.3) is 0 Å². The van der Waals surface area contributed by atoms with Crippen molar-refractivity contribution in [2.75, 3.05) is 6.61 Å². The highest BCUT2D eigenvalue weighted by Crippen LogP contribution is 2.28. The summed E-state index contributed by atoms with van der Waals surface area (Å²) in [5.41, 5.74) is 0. The predicted octanol–water partition coefficient (Wildman–Crippen LogP) is -0.578. The number of hydrogen-bond donors (Lipinski definition) is 4. The van der Waals surface area contributed by atoms with E-state index in [9.17, 15) is 10.2 Å². The zero-order valence-electron chi connectivity index (χ0n) is 8.37. The molecule has 3 N–H and O–H groups in total. The van der Waals surface area contributed by atoms with Crippen LogP contribution in [0.1, 0.15) is 13.8 Å². The number of rotatable bonds is 2. The molecule has 0 radical (unpaired) electrons. The molecular weight excluding hydrogens is 204 g/mol. The molecule has 1 rings (SSSR count). The largest absolute Gasteiger partial charge is 0.394 e. The van der Waals surface area contributed by atoms with Crippen molar-refractivity contribution in [2.45, 2.75) is 43.5 Å². The summed E-state index contributed by atoms with van der Waals surface area (Å²) >= 11 is 4.21. The summed E-state index contributed by atoms with van der Waals surface area (Å²) in [5.74, 6) is 0.189. The quantitative estimate of drug-likeness (QED) is 0.472. The Balaban J connectivity index is 2.73. The highest BCUT2D eigenvalue weighted by Gasteiger charge is 2.43. The Morgan fingerprint density at radius 1 is 1.29 bits per heavy atom. The Morgan fingerprint density at radius 2 is 1.86 bits per heavy atom. The summed E-state index contributed by atoms with van der Waals surface area (Å²) in [6, 6.07) is 0. The Hall–Kier alpha value is 0.190. The zero-order valence-corrected chi connectivity index (χ0v) is 9.26. The Kier molecular flexibility index (Phi) is 4.21. The van der Waals surface area contributed by atoms with Crippen molar-refractivity contribution in [1.82, 2.24) is 0 Å². The fourth-order valence-electron chi connectivity index (χ4n) is 1.68. The van der Waals surface area contributed by atoms with Gasteiger partial charge in [0.05, 0.1) is 24.1 Å². The van der Waals surface area contributed by atoms with Crippen molar-refractivity contribution in [3.05, 3.63) is 0 Å². The maximum absolute atomic E-state index is 9.65. The Labute approximate surface area is 89.3 Å². The van der Waals surface area contributed by atoms with Gasteiger partial charge >= 0.3 is 0 Å². The van der Waals surface area contributed by atoms with E-state index in [2.05, 4.69) is 12.6 Å². The van der Waals surface area contributed by atoms with Gasteiger partial charge in [-0.25, -0.2) is 0 Å². The molecule has 5 heteroatoms. The van der Waals surface area contributed by atoms with Crippen LogP contribution in [0.15, 0.2) is 0 Å². The fraction of sp³-hybridized carbons (Fsp3) is 1.00. The van der Waals surface area contributed by atoms with E-state index in [0.717, 1.165) is 0 Å². The molecule has 1 unspecified atom stereocenters. The van der Waals surface area contributed by atoms with Crippen LogP contribution in [0.25, 0.3) is 0 Å². The van der Waals surface area contributed by atoms with Crippen molar-refractivity contribution in [2.24, 2.45) is 5.92 Å². The topological polar surface area (TPSA) is 69.9 Å². The van der Waals surface area contributed by atoms with Crippen LogP contribution >= 0.6 is 12.6 Å². The number of thiol groups is 1. The molecule has 4 nitrogen and oxygen atoms in total. The first-order chi connectivity index (χ1) is 6.49. The van der Waals surface area contributed by atoms with Crippen molar-refractivity contribution < 1.29 is 20.1 Å². The third-order valence-corrected chi connectivity index (χ3v) is 3.19. The molecular formula is C9H18O4S. The van der Waals surface area contributed by atoms with E-state index in [0.29, 0.717) is 0 Å². The van der Waals surface area contributed by atoms with E-state index in [1.54, 1.807) is 0 Å². The zero-order chi connectivity index (χ0) is 10.9. The molecule has 0 bridgehead atoms. The summed E-state index contributed by atoms with van der Waals surface area (Å²) in [4.78, 5) is 0. The van der Waals surface area contributed by atoms with Crippen molar-refractivity contribution in [1.29, 1.82) is 0 Å². The van der Waals surface area contributed by atoms with Crippen LogP contribution in [0.2, 0.25) is 0 Å². The van der Waals surface area contributed by atoms with Crippen LogP contribution in [-0.2, 0) is 4.74 Å². The predicted molar refractivity (Wildman–Crippen MR) is 55.4 cm³/mol. The van der Waals surface area contributed by atoms with Gasteiger partial charge in [-0.05, 0) is 5.92 Å². The highest BCUT2D eigenvalue weighted by atomic mass is 32.1. The summed E-state index contributed by atoms with van der Waals surface area (Å²) in [7, 11) is 0. The molecule has 84 valence electrons. The van der Waals surface area contributed by atoms with Gasteiger partial charge in [-0.3, -0.25) is 0 Å². The average Bonchev–Trinajstić information content (AvgIpc) is 2.14. The molecule has 1 aliphatic heterocycles. The number of ether oxygens (including phenoxy) is 1. The summed E-state index contributed by atoms with van der Waals surface area (Å²) in [6.07, 6.45) is -2.95. The van der Waals surface area contributed by atoms with Crippen molar-refractivity contribution in [3.63, 3.8) is 0 Å². The minimum absolute atomic E-state index is 0.189. The Morgan fingerprint density at radius 3 is 2.29 bits per heavy atom. The SMILES string of the molecule is CC(C)C1O[C@H](CO)[C@H](O)[C@H](O)[C@H]1S. The number of hydrogen-bond acceptors (Lipinski definition) is 5. The summed E-state index contributed by atoms with van der Waals surface area (Å²) in [6.45, 7) is 3.61. The lowest BCUT2D eigenvalue weighted by Crippen LogP contribution is -2.57. The minimum atomic E-state index is -1.06. The van der Waals surface area contributed by atoms with E-state index in [1.165, 1.54) is 0 Å². The standard InChI is InChI=1S/C9H18O4S/c1-4(2)8-9(14)7(12)6(11)5(3-10)13-8/h4-12,14H,3H2,1-2H3/t5-,6+,7+,8?,9-/m1/s1. The molecule has 0 aromatic rings. The highest BCUT2D eigenvalue weighted by molar-refractivity contribution is 7.81. The molecule has 14 heavy (non-hydrogen) atoms. The van der Waals surface area contributed by atoms with E-state index in [-0.39, 0.29) is 18.6 Å². The van der Waals surface area contributed by atoms with Gasteiger partial charge in [-0.1, -0.05) is 13.8 Å². The van der Waals surface area contributed by atoms with Gasteiger partial charge in [0.2, 0.25) is 0 Å². The van der Waals surface area contributed by atoms with E-state index < -0.39 is 23.6 Å². The third-order valence-electron chi connectivity index (χ3n) is 2.59. The van der Waals surface area contributed by atoms with Crippen LogP contribution in [0.5, 0.6) is 0 Å². The second-order valence-electron chi connectivity index (χ2n) is 4.04. The van der Waals surface area contributed by atoms with Gasteiger partial charge in [-0.15, -0.1) is 0 Å². The van der Waals surface area contributed by atoms with Crippen LogP contribution in [0, 0.1) is 5.92 Å². The van der Waals surface area contributed by atoms with Gasteiger partial charge in [0, 0.05) is 0 Å². The molecule has 1 saturated heterocycles. The van der Waals surface area contributed by atoms with E-state index >= 15 is 0 Å². The molecule has 5 atom stereocenters. The van der Waals surface area contributed by atoms with Crippen molar-refractivity contribution >= 4 is 12.6 Å². The average molecular weight is 222 g/mol. The summed E-state index contributed by atoms with van der Waals surface area (Å²) < 4.78 is 5.46. The van der Waals surface area contributed by atoms with Crippen LogP contribution < -0.4 is 0 Å². The lowest BCUT2D eigenvalue weighted by atomic mass is 9.92. The normalized spacial score (nSPS) is 44.4. The maximum atomic E-state index is 9.65. The van der Waals surface area contributed by atoms with Crippen LogP contribution in [-0.4, -0.2) is 51.6 Å². The lowest BCUT2D eigenvalue weighted by Gasteiger charge is -2.42. The molecule has 1 heterocycles. The lowest BCUT2D eigenvalue weighted by molar-refractivity contribution is -0.184. The van der Waals surface area contributed by atoms with Gasteiger partial charge in [0.15, 0.2) is 0 Å². The smallest absolute Gasteiger partial charge is 0.109 e. The van der Waals surface area contributed by atoms with Crippen LogP contribution in [0.3, 0.4) is 0 Å². The number of aliphatic hydroxyl groups is 3. The Bertz CT molecular complexity index is 186. The van der Waals surface area contributed by atoms with E-state index in [1.807, 2.05) is 13.8 Å².